The summed E-state index contributed by atoms with van der Waals surface area (Å²) in [7, 11) is 2.07. The molecule has 2 rings (SSSR count). The number of likely N-dealkylation sites (N-methyl/N-ethyl adjacent to an activating group) is 1. The number of aromatic amines is 1. The summed E-state index contributed by atoms with van der Waals surface area (Å²) in [4.78, 5) is 27.8. The molecule has 0 bridgehead atoms. The molecule has 0 aliphatic carbocycles. The monoisotopic (exact) mass is 413 g/mol. The second kappa shape index (κ2) is 11.3. The molecule has 1 saturated heterocycles. The van der Waals surface area contributed by atoms with Crippen molar-refractivity contribution in [2.45, 2.75) is 33.6 Å². The number of aryl methyl sites for hydroxylation is 1. The minimum absolute atomic E-state index is 0.0609. The molecule has 1 aliphatic rings. The average molecular weight is 414 g/mol. The third-order valence-electron chi connectivity index (χ3n) is 5.22. The van der Waals surface area contributed by atoms with Crippen LogP contribution in [0, 0.1) is 17.0 Å². The zero-order valence-electron chi connectivity index (χ0n) is 18.2. The van der Waals surface area contributed by atoms with Gasteiger partial charge in [-0.2, -0.15) is 5.10 Å². The summed E-state index contributed by atoms with van der Waals surface area (Å²) in [6.45, 7) is 8.99. The Kier molecular flexibility index (Phi) is 8.73. The van der Waals surface area contributed by atoms with Crippen molar-refractivity contribution >= 4 is 5.57 Å². The molecule has 1 aromatic heterocycles. The van der Waals surface area contributed by atoms with Crippen molar-refractivity contribution in [3.8, 4) is 0 Å². The third-order valence-corrected chi connectivity index (χ3v) is 5.22. The predicted octanol–water partition coefficient (Wildman–Crippen LogP) is 3.14. The minimum atomic E-state index is -0.350. The molecule has 2 heterocycles. The van der Waals surface area contributed by atoms with E-state index in [0.717, 1.165) is 38.2 Å². The molecule has 0 atom stereocenters. The third kappa shape index (κ3) is 6.52. The number of hydrogen-bond donors (Lipinski definition) is 1. The highest BCUT2D eigenvalue weighted by atomic mass is 16.6. The first-order valence-corrected chi connectivity index (χ1v) is 10.2. The largest absolute Gasteiger partial charge is 0.368 e. The lowest BCUT2D eigenvalue weighted by molar-refractivity contribution is -0.421. The van der Waals surface area contributed by atoms with E-state index in [1.54, 1.807) is 25.1 Å². The fourth-order valence-corrected chi connectivity index (χ4v) is 3.38. The van der Waals surface area contributed by atoms with Gasteiger partial charge in [0.2, 0.25) is 0 Å². The summed E-state index contributed by atoms with van der Waals surface area (Å²) in [5, 5.41) is 18.7. The standard InChI is InChI=1S/C22H31N5O3/c1-5-19(22-17(2)10-7-6-8-11-21(28)23-24-22)16-20(27(29)30)18(3)26-13-9-12-25(4)14-15-26/h6-8,10-11,16H,5,9,12-15H2,1-4H3,(H,23,28)/b19-16+,20-18-. The van der Waals surface area contributed by atoms with E-state index in [9.17, 15) is 14.9 Å². The van der Waals surface area contributed by atoms with Crippen LogP contribution >= 0.6 is 0 Å². The van der Waals surface area contributed by atoms with E-state index in [4.69, 9.17) is 0 Å². The van der Waals surface area contributed by atoms with Gasteiger partial charge in [0.15, 0.2) is 0 Å². The molecule has 0 aromatic carbocycles. The summed E-state index contributed by atoms with van der Waals surface area (Å²) in [5.41, 5.74) is 2.40. The van der Waals surface area contributed by atoms with Crippen LogP contribution in [-0.2, 0) is 0 Å². The lowest BCUT2D eigenvalue weighted by Crippen LogP contribution is -2.29. The van der Waals surface area contributed by atoms with E-state index in [0.29, 0.717) is 23.4 Å². The van der Waals surface area contributed by atoms with Crippen LogP contribution in [0.1, 0.15) is 37.9 Å². The topological polar surface area (TPSA) is 95.4 Å². The Balaban J connectivity index is 2.60. The van der Waals surface area contributed by atoms with Crippen molar-refractivity contribution < 1.29 is 4.92 Å². The van der Waals surface area contributed by atoms with Crippen LogP contribution in [0.4, 0.5) is 0 Å². The van der Waals surface area contributed by atoms with Crippen molar-refractivity contribution in [1.82, 2.24) is 20.0 Å². The van der Waals surface area contributed by atoms with E-state index in [1.807, 2.05) is 26.0 Å². The first kappa shape index (κ1) is 23.3. The summed E-state index contributed by atoms with van der Waals surface area (Å²) in [6.07, 6.45) is 3.09. The van der Waals surface area contributed by atoms with E-state index in [-0.39, 0.29) is 16.2 Å². The van der Waals surface area contributed by atoms with Crippen LogP contribution in [0.5, 0.6) is 0 Å². The fourth-order valence-electron chi connectivity index (χ4n) is 3.38. The van der Waals surface area contributed by atoms with Crippen LogP contribution < -0.4 is 5.56 Å². The smallest absolute Gasteiger partial charge is 0.288 e. The Labute approximate surface area is 177 Å². The van der Waals surface area contributed by atoms with Crippen LogP contribution in [-0.4, -0.2) is 58.1 Å². The van der Waals surface area contributed by atoms with E-state index < -0.39 is 0 Å². The lowest BCUT2D eigenvalue weighted by atomic mass is 10.0. The van der Waals surface area contributed by atoms with Gasteiger partial charge in [0.25, 0.3) is 11.3 Å². The molecule has 8 heteroatoms. The highest BCUT2D eigenvalue weighted by molar-refractivity contribution is 5.66. The number of aromatic nitrogens is 2. The number of nitrogens with zero attached hydrogens (tertiary/aromatic N) is 4. The van der Waals surface area contributed by atoms with Gasteiger partial charge in [-0.15, -0.1) is 0 Å². The maximum Gasteiger partial charge on any atom is 0.288 e. The minimum Gasteiger partial charge on any atom is -0.368 e. The van der Waals surface area contributed by atoms with Gasteiger partial charge in [0.05, 0.1) is 16.3 Å². The molecular formula is C22H31N5O3. The summed E-state index contributed by atoms with van der Waals surface area (Å²) in [5.74, 6) is 0. The normalized spacial score (nSPS) is 16.4. The quantitative estimate of drug-likeness (QED) is 0.453. The number of nitrogens with one attached hydrogen (secondary N) is 1. The average Bonchev–Trinajstić information content (AvgIpc) is 2.93. The summed E-state index contributed by atoms with van der Waals surface area (Å²) in [6, 6.07) is 8.45. The molecule has 1 aliphatic heterocycles. The molecule has 0 spiro atoms. The van der Waals surface area contributed by atoms with Gasteiger partial charge in [-0.25, -0.2) is 5.10 Å². The maximum atomic E-state index is 11.9. The van der Waals surface area contributed by atoms with Crippen LogP contribution in [0.2, 0.25) is 0 Å². The zero-order chi connectivity index (χ0) is 22.1. The van der Waals surface area contributed by atoms with E-state index in [1.165, 1.54) is 6.07 Å². The van der Waals surface area contributed by atoms with Gasteiger partial charge in [-0.1, -0.05) is 31.2 Å². The van der Waals surface area contributed by atoms with Gasteiger partial charge in [-0.3, -0.25) is 14.9 Å². The molecule has 1 aromatic rings. The Hall–Kier alpha value is -3.00. The van der Waals surface area contributed by atoms with Crippen LogP contribution in [0.15, 0.2) is 52.6 Å². The van der Waals surface area contributed by atoms with Crippen LogP contribution in [0.25, 0.3) is 5.57 Å². The van der Waals surface area contributed by atoms with Crippen molar-refractivity contribution in [2.24, 2.45) is 0 Å². The highest BCUT2D eigenvalue weighted by Crippen LogP contribution is 2.23. The first-order chi connectivity index (χ1) is 14.3. The molecular weight excluding hydrogens is 382 g/mol. The van der Waals surface area contributed by atoms with Gasteiger partial charge < -0.3 is 9.80 Å². The molecule has 0 amide bonds. The van der Waals surface area contributed by atoms with Crippen molar-refractivity contribution in [3.05, 3.63) is 79.5 Å². The second-order valence-corrected chi connectivity index (χ2v) is 7.42. The highest BCUT2D eigenvalue weighted by Gasteiger charge is 2.21. The Morgan fingerprint density at radius 3 is 2.67 bits per heavy atom. The second-order valence-electron chi connectivity index (χ2n) is 7.42. The van der Waals surface area contributed by atoms with E-state index >= 15 is 0 Å². The van der Waals surface area contributed by atoms with E-state index in [2.05, 4.69) is 27.0 Å². The molecule has 1 fully saturated rings. The van der Waals surface area contributed by atoms with Crippen molar-refractivity contribution in [2.75, 3.05) is 33.2 Å². The zero-order valence-corrected chi connectivity index (χ0v) is 18.2. The van der Waals surface area contributed by atoms with Crippen molar-refractivity contribution in [3.63, 3.8) is 0 Å². The molecule has 0 unspecified atom stereocenters. The van der Waals surface area contributed by atoms with Gasteiger partial charge in [-0.05, 0) is 51.4 Å². The molecule has 0 radical (unpaired) electrons. The summed E-state index contributed by atoms with van der Waals surface area (Å²) >= 11 is 0. The predicted molar refractivity (Wildman–Crippen MR) is 119 cm³/mol. The maximum absolute atomic E-state index is 11.9. The molecule has 30 heavy (non-hydrogen) atoms. The summed E-state index contributed by atoms with van der Waals surface area (Å²) < 4.78 is 0. The molecule has 0 saturated carbocycles. The number of hydrogen-bond acceptors (Lipinski definition) is 6. The lowest BCUT2D eigenvalue weighted by Gasteiger charge is -2.22. The SMILES string of the molecule is CC/C(=C\C(=C(/C)N1CCCN(C)CC1)[N+](=O)[O-])c1n[nH]c(=O)cccccc1C. The Bertz CT molecular complexity index is 934. The fraction of sp³-hybridized carbons (Fsp3) is 0.455. The number of nitro groups is 1. The van der Waals surface area contributed by atoms with Crippen LogP contribution in [0.3, 0.4) is 0 Å². The first-order valence-electron chi connectivity index (χ1n) is 10.2. The Morgan fingerprint density at radius 1 is 1.23 bits per heavy atom. The Morgan fingerprint density at radius 2 is 1.97 bits per heavy atom. The van der Waals surface area contributed by atoms with Crippen molar-refractivity contribution in [1.29, 1.82) is 0 Å². The van der Waals surface area contributed by atoms with Gasteiger partial charge in [0.1, 0.15) is 0 Å². The number of allylic oxidation sites excluding steroid dienone is 3. The van der Waals surface area contributed by atoms with Gasteiger partial charge in [0, 0.05) is 31.8 Å². The molecule has 8 nitrogen and oxygen atoms in total. The number of H-pyrrole nitrogens is 1. The molecule has 162 valence electrons. The number of rotatable bonds is 5. The molecule has 1 N–H and O–H groups in total. The van der Waals surface area contributed by atoms with Gasteiger partial charge >= 0.3 is 0 Å².